The number of hydrogen-bond acceptors (Lipinski definition) is 5. The molecule has 2 N–H and O–H groups in total. The van der Waals surface area contributed by atoms with Gasteiger partial charge in [-0.2, -0.15) is 0 Å². The smallest absolute Gasteiger partial charge is 0.169 e. The molecule has 2 aliphatic carbocycles. The highest BCUT2D eigenvalue weighted by Crippen LogP contribution is 2.41. The Labute approximate surface area is 240 Å². The van der Waals surface area contributed by atoms with Crippen LogP contribution < -0.4 is 5.32 Å². The standard InChI is InChI=1S/C32H35Cl2N3O2/c1-4-14-37(15-5-2)32(3)12-10-23(11-13-32)36-29-24-16-21(22-17-26(33)31(39)27(34)18-22)8-9-28(24)35-19-25(29)30(38)20-6-7-20/h4-5,8-9,16-20,23,39H,1-2,6-7,10-15H2,3H3,(H,35,36). The van der Waals surface area contributed by atoms with E-state index in [1.807, 2.05) is 30.4 Å². The van der Waals surface area contributed by atoms with Crippen molar-refractivity contribution in [2.45, 2.75) is 57.0 Å². The summed E-state index contributed by atoms with van der Waals surface area (Å²) in [6.45, 7) is 11.9. The van der Waals surface area contributed by atoms with Gasteiger partial charge in [0.05, 0.1) is 26.8 Å². The second kappa shape index (κ2) is 11.3. The first-order valence-corrected chi connectivity index (χ1v) is 14.4. The van der Waals surface area contributed by atoms with Crippen LogP contribution in [0.5, 0.6) is 5.75 Å². The van der Waals surface area contributed by atoms with Gasteiger partial charge in [0.1, 0.15) is 0 Å². The van der Waals surface area contributed by atoms with Crippen LogP contribution in [-0.2, 0) is 0 Å². The number of carbonyl (C=O) groups is 1. The van der Waals surface area contributed by atoms with E-state index in [0.717, 1.165) is 79.3 Å². The van der Waals surface area contributed by atoms with Crippen LogP contribution in [0, 0.1) is 5.92 Å². The molecule has 0 saturated heterocycles. The lowest BCUT2D eigenvalue weighted by atomic mass is 9.79. The van der Waals surface area contributed by atoms with Crippen molar-refractivity contribution in [3.05, 3.63) is 77.4 Å². The number of benzene rings is 2. The molecule has 5 rings (SSSR count). The van der Waals surface area contributed by atoms with Crippen molar-refractivity contribution < 1.29 is 9.90 Å². The number of anilines is 1. The van der Waals surface area contributed by atoms with Crippen LogP contribution in [0.1, 0.15) is 55.8 Å². The minimum atomic E-state index is -0.131. The molecule has 0 radical (unpaired) electrons. The molecule has 7 heteroatoms. The molecule has 39 heavy (non-hydrogen) atoms. The third kappa shape index (κ3) is 5.72. The maximum absolute atomic E-state index is 13.4. The van der Waals surface area contributed by atoms with Gasteiger partial charge in [-0.15, -0.1) is 13.2 Å². The number of aromatic nitrogens is 1. The van der Waals surface area contributed by atoms with E-state index in [-0.39, 0.29) is 39.1 Å². The largest absolute Gasteiger partial charge is 0.505 e. The number of Topliss-reactive ketones (excluding diaryl/α,β-unsaturated/α-hetero) is 1. The minimum Gasteiger partial charge on any atom is -0.505 e. The molecule has 2 aromatic carbocycles. The van der Waals surface area contributed by atoms with E-state index >= 15 is 0 Å². The minimum absolute atomic E-state index is 0.0815. The molecule has 2 aliphatic rings. The van der Waals surface area contributed by atoms with Gasteiger partial charge in [0.25, 0.3) is 0 Å². The molecule has 0 bridgehead atoms. The van der Waals surface area contributed by atoms with Crippen molar-refractivity contribution in [3.63, 3.8) is 0 Å². The van der Waals surface area contributed by atoms with Gasteiger partial charge in [0.2, 0.25) is 0 Å². The Morgan fingerprint density at radius 3 is 2.31 bits per heavy atom. The summed E-state index contributed by atoms with van der Waals surface area (Å²) in [4.78, 5) is 20.5. The zero-order valence-electron chi connectivity index (χ0n) is 22.4. The Hall–Kier alpha value is -2.86. The lowest BCUT2D eigenvalue weighted by Gasteiger charge is -2.45. The van der Waals surface area contributed by atoms with Gasteiger partial charge in [-0.1, -0.05) is 41.4 Å². The Morgan fingerprint density at radius 1 is 1.08 bits per heavy atom. The summed E-state index contributed by atoms with van der Waals surface area (Å²) >= 11 is 12.4. The number of phenolic OH excluding ortho intramolecular Hbond substituents is 1. The molecule has 5 nitrogen and oxygen atoms in total. The van der Waals surface area contributed by atoms with Crippen molar-refractivity contribution >= 4 is 45.6 Å². The summed E-state index contributed by atoms with van der Waals surface area (Å²) in [5.41, 5.74) is 4.08. The Morgan fingerprint density at radius 2 is 1.72 bits per heavy atom. The number of nitrogens with zero attached hydrogens (tertiary/aromatic N) is 2. The van der Waals surface area contributed by atoms with E-state index in [1.54, 1.807) is 18.3 Å². The Kier molecular flexibility index (Phi) is 8.04. The van der Waals surface area contributed by atoms with Gasteiger partial charge >= 0.3 is 0 Å². The number of rotatable bonds is 10. The molecule has 0 atom stereocenters. The quantitative estimate of drug-likeness (QED) is 0.192. The molecule has 1 heterocycles. The number of carbonyl (C=O) groups excluding carboxylic acids is 1. The Balaban J connectivity index is 1.49. The number of ketones is 1. The normalized spacial score (nSPS) is 21.2. The molecule has 3 aromatic rings. The van der Waals surface area contributed by atoms with Crippen molar-refractivity contribution in [2.24, 2.45) is 5.92 Å². The van der Waals surface area contributed by atoms with Crippen molar-refractivity contribution in [1.82, 2.24) is 9.88 Å². The van der Waals surface area contributed by atoms with E-state index in [0.29, 0.717) is 5.56 Å². The van der Waals surface area contributed by atoms with E-state index in [1.165, 1.54) is 0 Å². The van der Waals surface area contributed by atoms with Gasteiger partial charge in [-0.25, -0.2) is 0 Å². The fraction of sp³-hybridized carbons (Fsp3) is 0.375. The van der Waals surface area contributed by atoms with Gasteiger partial charge in [-0.05, 0) is 80.8 Å². The summed E-state index contributed by atoms with van der Waals surface area (Å²) in [5, 5.41) is 15.1. The summed E-state index contributed by atoms with van der Waals surface area (Å²) < 4.78 is 0. The van der Waals surface area contributed by atoms with Gasteiger partial charge in [0, 0.05) is 42.2 Å². The van der Waals surface area contributed by atoms with Gasteiger partial charge in [0.15, 0.2) is 11.5 Å². The number of pyridine rings is 1. The number of aromatic hydroxyl groups is 1. The second-order valence-corrected chi connectivity index (χ2v) is 11.9. The molecule has 204 valence electrons. The number of nitrogens with one attached hydrogen (secondary N) is 1. The molecule has 1 aromatic heterocycles. The molecule has 0 amide bonds. The molecule has 2 saturated carbocycles. The maximum Gasteiger partial charge on any atom is 0.169 e. The van der Waals surface area contributed by atoms with E-state index in [4.69, 9.17) is 23.2 Å². The highest BCUT2D eigenvalue weighted by atomic mass is 35.5. The predicted octanol–water partition coefficient (Wildman–Crippen LogP) is 8.29. The lowest BCUT2D eigenvalue weighted by Crippen LogP contribution is -2.50. The molecular weight excluding hydrogens is 529 g/mol. The SMILES string of the molecule is C=CCN(CC=C)C1(C)CCC(Nc2c(C(=O)C3CC3)cnc3ccc(-c4cc(Cl)c(O)c(Cl)c4)cc23)CC1. The first-order valence-electron chi connectivity index (χ1n) is 13.6. The third-order valence-corrected chi connectivity index (χ3v) is 8.88. The molecule has 0 spiro atoms. The van der Waals surface area contributed by atoms with Crippen LogP contribution >= 0.6 is 23.2 Å². The highest BCUT2D eigenvalue weighted by molar-refractivity contribution is 6.37. The van der Waals surface area contributed by atoms with Crippen molar-refractivity contribution in [1.29, 1.82) is 0 Å². The van der Waals surface area contributed by atoms with Crippen molar-refractivity contribution in [3.8, 4) is 16.9 Å². The fourth-order valence-corrected chi connectivity index (χ4v) is 6.23. The van der Waals surface area contributed by atoms with E-state index < -0.39 is 0 Å². The molecule has 2 fully saturated rings. The average Bonchev–Trinajstić information content (AvgIpc) is 3.78. The van der Waals surface area contributed by atoms with Crippen molar-refractivity contribution in [2.75, 3.05) is 18.4 Å². The summed E-state index contributed by atoms with van der Waals surface area (Å²) in [7, 11) is 0. The number of halogens is 2. The van der Waals surface area contributed by atoms with Crippen LogP contribution in [0.4, 0.5) is 5.69 Å². The topological polar surface area (TPSA) is 65.5 Å². The average molecular weight is 565 g/mol. The highest BCUT2D eigenvalue weighted by Gasteiger charge is 2.37. The monoisotopic (exact) mass is 563 g/mol. The molecular formula is C32H35Cl2N3O2. The maximum atomic E-state index is 13.4. The van der Waals surface area contributed by atoms with Crippen LogP contribution in [0.15, 0.2) is 61.8 Å². The Bertz CT molecular complexity index is 1390. The lowest BCUT2D eigenvalue weighted by molar-refractivity contribution is 0.0860. The third-order valence-electron chi connectivity index (χ3n) is 8.31. The first kappa shape index (κ1) is 27.7. The summed E-state index contributed by atoms with van der Waals surface area (Å²) in [6.07, 6.45) is 11.6. The van der Waals surface area contributed by atoms with Crippen LogP contribution in [-0.4, -0.2) is 45.4 Å². The number of fused-ring (bicyclic) bond motifs is 1. The number of hydrogen-bond donors (Lipinski definition) is 2. The zero-order valence-corrected chi connectivity index (χ0v) is 23.9. The number of phenols is 1. The predicted molar refractivity (Wildman–Crippen MR) is 162 cm³/mol. The van der Waals surface area contributed by atoms with Crippen LogP contribution in [0.2, 0.25) is 10.0 Å². The summed E-state index contributed by atoms with van der Waals surface area (Å²) in [5.74, 6) is 0.119. The molecule has 0 unspecified atom stereocenters. The van der Waals surface area contributed by atoms with Crippen LogP contribution in [0.3, 0.4) is 0 Å². The van der Waals surface area contributed by atoms with Gasteiger partial charge in [-0.3, -0.25) is 14.7 Å². The van der Waals surface area contributed by atoms with Gasteiger partial charge < -0.3 is 10.4 Å². The van der Waals surface area contributed by atoms with E-state index in [9.17, 15) is 9.90 Å². The zero-order chi connectivity index (χ0) is 27.7. The van der Waals surface area contributed by atoms with E-state index in [2.05, 4.69) is 35.3 Å². The first-order chi connectivity index (χ1) is 18.7. The van der Waals surface area contributed by atoms with Crippen LogP contribution in [0.25, 0.3) is 22.0 Å². The molecule has 0 aliphatic heterocycles. The summed E-state index contributed by atoms with van der Waals surface area (Å²) in [6, 6.07) is 9.59. The fourth-order valence-electron chi connectivity index (χ4n) is 5.74. The second-order valence-electron chi connectivity index (χ2n) is 11.1.